The Bertz CT molecular complexity index is 494. The summed E-state index contributed by atoms with van der Waals surface area (Å²) < 4.78 is 7.23. The number of ether oxygens (including phenoxy) is 1. The number of pyridine rings is 1. The second-order valence-corrected chi connectivity index (χ2v) is 3.80. The molecule has 6 nitrogen and oxygen atoms in total. The predicted molar refractivity (Wildman–Crippen MR) is 62.8 cm³/mol. The lowest BCUT2D eigenvalue weighted by Gasteiger charge is -2.12. The van der Waals surface area contributed by atoms with Gasteiger partial charge in [0.2, 0.25) is 0 Å². The van der Waals surface area contributed by atoms with Gasteiger partial charge in [0.05, 0.1) is 12.6 Å². The molecule has 0 aromatic carbocycles. The van der Waals surface area contributed by atoms with Crippen LogP contribution >= 0.6 is 0 Å². The molecule has 0 spiro atoms. The third-order valence-corrected chi connectivity index (χ3v) is 2.05. The van der Waals surface area contributed by atoms with Crippen molar-refractivity contribution in [3.05, 3.63) is 30.5 Å². The molecule has 90 valence electrons. The topological polar surface area (TPSA) is 78.8 Å². The molecule has 0 aliphatic heterocycles. The molecule has 2 aromatic heterocycles. The maximum absolute atomic E-state index is 5.66. The number of hydrogen-bond donors (Lipinski definition) is 1. The zero-order chi connectivity index (χ0) is 12.3. The lowest BCUT2D eigenvalue weighted by atomic mass is 10.4. The molecule has 0 amide bonds. The van der Waals surface area contributed by atoms with Crippen LogP contribution in [0.1, 0.15) is 19.7 Å². The highest BCUT2D eigenvalue weighted by Gasteiger charge is 2.10. The van der Waals surface area contributed by atoms with E-state index in [0.29, 0.717) is 23.9 Å². The van der Waals surface area contributed by atoms with Gasteiger partial charge in [0.15, 0.2) is 17.4 Å². The smallest absolute Gasteiger partial charge is 0.197 e. The molecule has 2 heterocycles. The fourth-order valence-electron chi connectivity index (χ4n) is 1.39. The van der Waals surface area contributed by atoms with Gasteiger partial charge in [-0.3, -0.25) is 0 Å². The van der Waals surface area contributed by atoms with Crippen molar-refractivity contribution in [2.24, 2.45) is 5.73 Å². The summed E-state index contributed by atoms with van der Waals surface area (Å²) in [5.74, 6) is 1.87. The van der Waals surface area contributed by atoms with Gasteiger partial charge in [0, 0.05) is 6.20 Å². The van der Waals surface area contributed by atoms with Crippen LogP contribution in [0.15, 0.2) is 24.7 Å². The van der Waals surface area contributed by atoms with Crippen LogP contribution in [-0.2, 0) is 6.54 Å². The minimum Gasteiger partial charge on any atom is -0.487 e. The van der Waals surface area contributed by atoms with E-state index >= 15 is 0 Å². The third kappa shape index (κ3) is 2.59. The molecule has 6 heteroatoms. The maximum atomic E-state index is 5.66. The molecule has 0 radical (unpaired) electrons. The van der Waals surface area contributed by atoms with E-state index in [0.717, 1.165) is 0 Å². The molecule has 0 aliphatic rings. The van der Waals surface area contributed by atoms with Crippen LogP contribution in [0.25, 0.3) is 5.82 Å². The Labute approximate surface area is 99.4 Å². The summed E-state index contributed by atoms with van der Waals surface area (Å²) in [7, 11) is 0. The second-order valence-electron chi connectivity index (χ2n) is 3.80. The van der Waals surface area contributed by atoms with Gasteiger partial charge in [-0.05, 0) is 26.0 Å². The lowest BCUT2D eigenvalue weighted by Crippen LogP contribution is -2.10. The van der Waals surface area contributed by atoms with Gasteiger partial charge in [-0.25, -0.2) is 9.97 Å². The maximum Gasteiger partial charge on any atom is 0.197 e. The van der Waals surface area contributed by atoms with Gasteiger partial charge < -0.3 is 10.5 Å². The van der Waals surface area contributed by atoms with Crippen LogP contribution in [0.2, 0.25) is 0 Å². The fraction of sp³-hybridized carbons (Fsp3) is 0.364. The van der Waals surface area contributed by atoms with Gasteiger partial charge in [-0.15, -0.1) is 5.10 Å². The summed E-state index contributed by atoms with van der Waals surface area (Å²) in [6.45, 7) is 4.23. The van der Waals surface area contributed by atoms with E-state index in [-0.39, 0.29) is 6.10 Å². The zero-order valence-electron chi connectivity index (χ0n) is 9.87. The summed E-state index contributed by atoms with van der Waals surface area (Å²) in [6, 6.07) is 3.67. The van der Waals surface area contributed by atoms with Crippen molar-refractivity contribution in [2.45, 2.75) is 26.5 Å². The Morgan fingerprint density at radius 3 is 2.88 bits per heavy atom. The van der Waals surface area contributed by atoms with E-state index in [4.69, 9.17) is 10.5 Å². The van der Waals surface area contributed by atoms with Crippen molar-refractivity contribution in [2.75, 3.05) is 0 Å². The van der Waals surface area contributed by atoms with Crippen LogP contribution in [0.5, 0.6) is 5.75 Å². The van der Waals surface area contributed by atoms with Gasteiger partial charge in [-0.2, -0.15) is 4.68 Å². The Balaban J connectivity index is 2.36. The second kappa shape index (κ2) is 4.92. The standard InChI is InChI=1S/C11H15N5O/c1-8(2)17-9-4-3-5-13-11(9)16-7-14-10(6-12)15-16/h3-5,7-8H,6,12H2,1-2H3. The van der Waals surface area contributed by atoms with Crippen molar-refractivity contribution >= 4 is 0 Å². The number of aromatic nitrogens is 4. The lowest BCUT2D eigenvalue weighted by molar-refractivity contribution is 0.240. The van der Waals surface area contributed by atoms with E-state index in [1.807, 2.05) is 26.0 Å². The van der Waals surface area contributed by atoms with Crippen LogP contribution in [0.4, 0.5) is 0 Å². The molecule has 0 saturated carbocycles. The van der Waals surface area contributed by atoms with Gasteiger partial charge in [0.25, 0.3) is 0 Å². The monoisotopic (exact) mass is 233 g/mol. The molecular weight excluding hydrogens is 218 g/mol. The van der Waals surface area contributed by atoms with Crippen molar-refractivity contribution in [1.82, 2.24) is 19.7 Å². The van der Waals surface area contributed by atoms with Gasteiger partial charge in [-0.1, -0.05) is 0 Å². The molecule has 0 saturated heterocycles. The fourth-order valence-corrected chi connectivity index (χ4v) is 1.39. The Morgan fingerprint density at radius 1 is 1.41 bits per heavy atom. The zero-order valence-corrected chi connectivity index (χ0v) is 9.87. The summed E-state index contributed by atoms with van der Waals surface area (Å²) in [4.78, 5) is 8.31. The first-order chi connectivity index (χ1) is 8.20. The summed E-state index contributed by atoms with van der Waals surface area (Å²) in [5, 5.41) is 4.20. The molecular formula is C11H15N5O. The molecule has 0 aliphatic carbocycles. The number of rotatable bonds is 4. The number of nitrogens with two attached hydrogens (primary N) is 1. The van der Waals surface area contributed by atoms with Crippen molar-refractivity contribution in [3.8, 4) is 11.6 Å². The molecule has 0 unspecified atom stereocenters. The van der Waals surface area contributed by atoms with E-state index in [1.54, 1.807) is 17.2 Å². The highest BCUT2D eigenvalue weighted by molar-refractivity contribution is 5.38. The van der Waals surface area contributed by atoms with Crippen LogP contribution in [0, 0.1) is 0 Å². The minimum atomic E-state index is 0.0791. The molecule has 17 heavy (non-hydrogen) atoms. The van der Waals surface area contributed by atoms with Gasteiger partial charge >= 0.3 is 0 Å². The van der Waals surface area contributed by atoms with E-state index < -0.39 is 0 Å². The number of nitrogens with zero attached hydrogens (tertiary/aromatic N) is 4. The average Bonchev–Trinajstić information content (AvgIpc) is 2.77. The van der Waals surface area contributed by atoms with Crippen LogP contribution in [0.3, 0.4) is 0 Å². The van der Waals surface area contributed by atoms with Crippen LogP contribution in [-0.4, -0.2) is 25.9 Å². The van der Waals surface area contributed by atoms with E-state index in [1.165, 1.54) is 0 Å². The summed E-state index contributed by atoms with van der Waals surface area (Å²) in [6.07, 6.45) is 3.35. The molecule has 2 N–H and O–H groups in total. The quantitative estimate of drug-likeness (QED) is 0.849. The Kier molecular flexibility index (Phi) is 3.34. The Hall–Kier alpha value is -1.95. The normalized spacial score (nSPS) is 10.8. The van der Waals surface area contributed by atoms with Crippen molar-refractivity contribution in [3.63, 3.8) is 0 Å². The van der Waals surface area contributed by atoms with Crippen molar-refractivity contribution in [1.29, 1.82) is 0 Å². The highest BCUT2D eigenvalue weighted by atomic mass is 16.5. The third-order valence-electron chi connectivity index (χ3n) is 2.05. The predicted octanol–water partition coefficient (Wildman–Crippen LogP) is 0.908. The number of hydrogen-bond acceptors (Lipinski definition) is 5. The average molecular weight is 233 g/mol. The van der Waals surface area contributed by atoms with E-state index in [9.17, 15) is 0 Å². The first-order valence-electron chi connectivity index (χ1n) is 5.43. The molecule has 0 bridgehead atoms. The Morgan fingerprint density at radius 2 is 2.24 bits per heavy atom. The first-order valence-corrected chi connectivity index (χ1v) is 5.43. The molecule has 2 aromatic rings. The molecule has 2 rings (SSSR count). The first kappa shape index (κ1) is 11.5. The van der Waals surface area contributed by atoms with Crippen molar-refractivity contribution < 1.29 is 4.74 Å². The molecule has 0 fully saturated rings. The minimum absolute atomic E-state index is 0.0791. The SMILES string of the molecule is CC(C)Oc1cccnc1-n1cnc(CN)n1. The molecule has 0 atom stereocenters. The summed E-state index contributed by atoms with van der Waals surface area (Å²) in [5.41, 5.74) is 5.47. The largest absolute Gasteiger partial charge is 0.487 e. The van der Waals surface area contributed by atoms with Crippen LogP contribution < -0.4 is 10.5 Å². The van der Waals surface area contributed by atoms with E-state index in [2.05, 4.69) is 15.1 Å². The highest BCUT2D eigenvalue weighted by Crippen LogP contribution is 2.20. The summed E-state index contributed by atoms with van der Waals surface area (Å²) >= 11 is 0. The van der Waals surface area contributed by atoms with Gasteiger partial charge in [0.1, 0.15) is 6.33 Å².